The molecule has 0 aliphatic rings. The van der Waals surface area contributed by atoms with E-state index in [0.29, 0.717) is 6.54 Å². The van der Waals surface area contributed by atoms with Gasteiger partial charge in [-0.1, -0.05) is 12.1 Å². The second-order valence-electron chi connectivity index (χ2n) is 4.05. The number of thiazole rings is 1. The number of methoxy groups -OCH3 is 2. The van der Waals surface area contributed by atoms with E-state index in [2.05, 4.69) is 23.3 Å². The molecule has 98 valence electrons. The SMILES string of the molecule is COC(CNC(C)c1nc2ccccc2s1)OC. The van der Waals surface area contributed by atoms with Crippen molar-refractivity contribution in [2.75, 3.05) is 20.8 Å². The Morgan fingerprint density at radius 1 is 1.28 bits per heavy atom. The summed E-state index contributed by atoms with van der Waals surface area (Å²) in [4.78, 5) is 4.62. The third-order valence-electron chi connectivity index (χ3n) is 2.80. The molecule has 0 aliphatic heterocycles. The highest BCUT2D eigenvalue weighted by Crippen LogP contribution is 2.25. The summed E-state index contributed by atoms with van der Waals surface area (Å²) in [5, 5.41) is 4.45. The Kier molecular flexibility index (Phi) is 4.66. The van der Waals surface area contributed by atoms with Crippen molar-refractivity contribution in [1.29, 1.82) is 0 Å². The minimum atomic E-state index is -0.221. The molecular weight excluding hydrogens is 248 g/mol. The first kappa shape index (κ1) is 13.4. The van der Waals surface area contributed by atoms with Crippen LogP contribution in [0.15, 0.2) is 24.3 Å². The van der Waals surface area contributed by atoms with Gasteiger partial charge in [0.15, 0.2) is 6.29 Å². The average Bonchev–Trinajstić information content (AvgIpc) is 2.83. The van der Waals surface area contributed by atoms with Gasteiger partial charge in [-0.15, -0.1) is 11.3 Å². The fourth-order valence-electron chi connectivity index (χ4n) is 1.70. The van der Waals surface area contributed by atoms with E-state index in [1.807, 2.05) is 18.2 Å². The topological polar surface area (TPSA) is 43.4 Å². The minimum Gasteiger partial charge on any atom is -0.355 e. The Labute approximate surface area is 111 Å². The van der Waals surface area contributed by atoms with Crippen LogP contribution in [-0.4, -0.2) is 32.0 Å². The van der Waals surface area contributed by atoms with Gasteiger partial charge in [0.1, 0.15) is 5.01 Å². The van der Waals surface area contributed by atoms with E-state index in [4.69, 9.17) is 9.47 Å². The van der Waals surface area contributed by atoms with Gasteiger partial charge in [0.2, 0.25) is 0 Å². The van der Waals surface area contributed by atoms with Crippen LogP contribution in [0.2, 0.25) is 0 Å². The Bertz CT molecular complexity index is 463. The molecule has 1 unspecified atom stereocenters. The first-order chi connectivity index (χ1) is 8.74. The van der Waals surface area contributed by atoms with E-state index >= 15 is 0 Å². The van der Waals surface area contributed by atoms with Crippen LogP contribution < -0.4 is 5.32 Å². The van der Waals surface area contributed by atoms with Crippen LogP contribution in [0, 0.1) is 0 Å². The molecule has 0 bridgehead atoms. The summed E-state index contributed by atoms with van der Waals surface area (Å²) in [5.41, 5.74) is 1.06. The van der Waals surface area contributed by atoms with Gasteiger partial charge in [0.25, 0.3) is 0 Å². The Morgan fingerprint density at radius 3 is 2.67 bits per heavy atom. The lowest BCUT2D eigenvalue weighted by atomic mass is 10.3. The second-order valence-corrected chi connectivity index (χ2v) is 5.11. The van der Waals surface area contributed by atoms with Crippen molar-refractivity contribution in [2.24, 2.45) is 0 Å². The zero-order valence-electron chi connectivity index (χ0n) is 10.8. The van der Waals surface area contributed by atoms with Crippen LogP contribution >= 0.6 is 11.3 Å². The van der Waals surface area contributed by atoms with E-state index < -0.39 is 0 Å². The lowest BCUT2D eigenvalue weighted by Gasteiger charge is -2.17. The molecule has 1 N–H and O–H groups in total. The molecule has 1 atom stereocenters. The second kappa shape index (κ2) is 6.24. The van der Waals surface area contributed by atoms with Crippen LogP contribution in [0.4, 0.5) is 0 Å². The predicted octanol–water partition coefficient (Wildman–Crippen LogP) is 2.57. The fourth-order valence-corrected chi connectivity index (χ4v) is 2.69. The molecule has 2 aromatic rings. The Balaban J connectivity index is 2.02. The van der Waals surface area contributed by atoms with Gasteiger partial charge >= 0.3 is 0 Å². The Hall–Kier alpha value is -1.01. The van der Waals surface area contributed by atoms with Crippen molar-refractivity contribution >= 4 is 21.6 Å². The van der Waals surface area contributed by atoms with E-state index in [9.17, 15) is 0 Å². The molecule has 4 nitrogen and oxygen atoms in total. The van der Waals surface area contributed by atoms with Gasteiger partial charge < -0.3 is 14.8 Å². The summed E-state index contributed by atoms with van der Waals surface area (Å²) in [6.45, 7) is 2.74. The molecule has 1 aromatic heterocycles. The summed E-state index contributed by atoms with van der Waals surface area (Å²) in [6, 6.07) is 8.37. The fraction of sp³-hybridized carbons (Fsp3) is 0.462. The van der Waals surface area contributed by atoms with E-state index in [1.54, 1.807) is 25.6 Å². The van der Waals surface area contributed by atoms with Gasteiger partial charge in [0.05, 0.1) is 16.3 Å². The first-order valence-corrected chi connectivity index (χ1v) is 6.70. The standard InChI is InChI=1S/C13H18N2O2S/c1-9(14-8-12(16-2)17-3)13-15-10-6-4-5-7-11(10)18-13/h4-7,9,12,14H,8H2,1-3H3. The quantitative estimate of drug-likeness (QED) is 0.816. The van der Waals surface area contributed by atoms with Crippen LogP contribution in [0.5, 0.6) is 0 Å². The maximum absolute atomic E-state index is 5.14. The number of fused-ring (bicyclic) bond motifs is 1. The summed E-state index contributed by atoms with van der Waals surface area (Å²) >= 11 is 1.72. The zero-order valence-corrected chi connectivity index (χ0v) is 11.7. The van der Waals surface area contributed by atoms with Crippen molar-refractivity contribution in [3.8, 4) is 0 Å². The van der Waals surface area contributed by atoms with Gasteiger partial charge in [-0.3, -0.25) is 0 Å². The highest BCUT2D eigenvalue weighted by Gasteiger charge is 2.13. The summed E-state index contributed by atoms with van der Waals surface area (Å²) < 4.78 is 11.5. The lowest BCUT2D eigenvalue weighted by Crippen LogP contribution is -2.31. The Morgan fingerprint density at radius 2 is 2.00 bits per heavy atom. The number of nitrogens with one attached hydrogen (secondary N) is 1. The number of rotatable bonds is 6. The molecule has 0 amide bonds. The van der Waals surface area contributed by atoms with Crippen molar-refractivity contribution < 1.29 is 9.47 Å². The van der Waals surface area contributed by atoms with Crippen LogP contribution in [0.25, 0.3) is 10.2 Å². The van der Waals surface area contributed by atoms with Crippen molar-refractivity contribution in [3.63, 3.8) is 0 Å². The number of aromatic nitrogens is 1. The summed E-state index contributed by atoms with van der Waals surface area (Å²) in [5.74, 6) is 0. The molecule has 1 heterocycles. The van der Waals surface area contributed by atoms with E-state index in [-0.39, 0.29) is 12.3 Å². The summed E-state index contributed by atoms with van der Waals surface area (Å²) in [6.07, 6.45) is -0.221. The normalized spacial score (nSPS) is 13.3. The first-order valence-electron chi connectivity index (χ1n) is 5.89. The van der Waals surface area contributed by atoms with Crippen LogP contribution in [0.1, 0.15) is 18.0 Å². The molecule has 1 aromatic carbocycles. The zero-order chi connectivity index (χ0) is 13.0. The molecule has 18 heavy (non-hydrogen) atoms. The maximum Gasteiger partial charge on any atom is 0.169 e. The number of ether oxygens (including phenoxy) is 2. The molecule has 0 saturated carbocycles. The number of para-hydroxylation sites is 1. The predicted molar refractivity (Wildman–Crippen MR) is 73.8 cm³/mol. The minimum absolute atomic E-state index is 0.190. The number of benzene rings is 1. The summed E-state index contributed by atoms with van der Waals surface area (Å²) in [7, 11) is 3.27. The van der Waals surface area contributed by atoms with Gasteiger partial charge in [0, 0.05) is 20.8 Å². The molecule has 0 saturated heterocycles. The molecule has 0 aliphatic carbocycles. The van der Waals surface area contributed by atoms with Crippen LogP contribution in [0.3, 0.4) is 0 Å². The number of hydrogen-bond donors (Lipinski definition) is 1. The number of hydrogen-bond acceptors (Lipinski definition) is 5. The van der Waals surface area contributed by atoms with Gasteiger partial charge in [-0.2, -0.15) is 0 Å². The maximum atomic E-state index is 5.14. The molecule has 0 radical (unpaired) electrons. The monoisotopic (exact) mass is 266 g/mol. The van der Waals surface area contributed by atoms with Crippen molar-refractivity contribution in [2.45, 2.75) is 19.3 Å². The molecule has 0 fully saturated rings. The van der Waals surface area contributed by atoms with Crippen molar-refractivity contribution in [1.82, 2.24) is 10.3 Å². The van der Waals surface area contributed by atoms with Gasteiger partial charge in [-0.25, -0.2) is 4.98 Å². The molecular formula is C13H18N2O2S. The molecule has 5 heteroatoms. The van der Waals surface area contributed by atoms with E-state index in [0.717, 1.165) is 10.5 Å². The van der Waals surface area contributed by atoms with Gasteiger partial charge in [-0.05, 0) is 19.1 Å². The highest BCUT2D eigenvalue weighted by molar-refractivity contribution is 7.18. The third kappa shape index (κ3) is 3.05. The number of nitrogens with zero attached hydrogens (tertiary/aromatic N) is 1. The smallest absolute Gasteiger partial charge is 0.169 e. The third-order valence-corrected chi connectivity index (χ3v) is 4.02. The van der Waals surface area contributed by atoms with Crippen molar-refractivity contribution in [3.05, 3.63) is 29.3 Å². The van der Waals surface area contributed by atoms with Crippen LogP contribution in [-0.2, 0) is 9.47 Å². The molecule has 2 rings (SSSR count). The van der Waals surface area contributed by atoms with E-state index in [1.165, 1.54) is 4.70 Å². The lowest BCUT2D eigenvalue weighted by molar-refractivity contribution is -0.0997. The largest absolute Gasteiger partial charge is 0.355 e. The highest BCUT2D eigenvalue weighted by atomic mass is 32.1. The average molecular weight is 266 g/mol. The molecule has 0 spiro atoms.